The van der Waals surface area contributed by atoms with E-state index in [0.29, 0.717) is 12.5 Å². The highest BCUT2D eigenvalue weighted by Crippen LogP contribution is 2.26. The van der Waals surface area contributed by atoms with Crippen molar-refractivity contribution in [2.75, 3.05) is 19.6 Å². The van der Waals surface area contributed by atoms with Gasteiger partial charge in [0.05, 0.1) is 13.1 Å². The van der Waals surface area contributed by atoms with Gasteiger partial charge in [0, 0.05) is 12.6 Å². The smallest absolute Gasteiger partial charge is 0.239 e. The maximum absolute atomic E-state index is 11.9. The largest absolute Gasteiger partial charge is 0.355 e. The van der Waals surface area contributed by atoms with Gasteiger partial charge in [0.1, 0.15) is 0 Å². The number of likely N-dealkylation sites (N-methyl/N-ethyl adjacent to an activating group) is 1. The van der Waals surface area contributed by atoms with E-state index in [1.165, 1.54) is 11.1 Å². The molecule has 3 N–H and O–H groups in total. The monoisotopic (exact) mass is 347 g/mol. The molecule has 1 aromatic rings. The van der Waals surface area contributed by atoms with Crippen molar-refractivity contribution in [3.8, 4) is 0 Å². The van der Waals surface area contributed by atoms with Crippen LogP contribution < -0.4 is 16.0 Å². The van der Waals surface area contributed by atoms with Crippen LogP contribution in [0.4, 0.5) is 0 Å². The molecule has 0 bridgehead atoms. The first-order chi connectivity index (χ1) is 11.6. The number of hydrogen-bond donors (Lipinski definition) is 3. The van der Waals surface area contributed by atoms with Gasteiger partial charge >= 0.3 is 0 Å². The summed E-state index contributed by atoms with van der Waals surface area (Å²) in [6.07, 6.45) is 0. The molecule has 2 amide bonds. The second-order valence-electron chi connectivity index (χ2n) is 7.70. The molecule has 5 heteroatoms. The van der Waals surface area contributed by atoms with Crippen LogP contribution in [0.3, 0.4) is 0 Å². The van der Waals surface area contributed by atoms with Crippen molar-refractivity contribution < 1.29 is 9.59 Å². The molecule has 0 aliphatic heterocycles. The van der Waals surface area contributed by atoms with E-state index < -0.39 is 0 Å². The number of benzene rings is 1. The Balaban J connectivity index is 2.63. The van der Waals surface area contributed by atoms with Crippen LogP contribution >= 0.6 is 0 Å². The molecule has 0 aromatic heterocycles. The van der Waals surface area contributed by atoms with E-state index in [4.69, 9.17) is 0 Å². The molecule has 0 fully saturated rings. The third-order valence-corrected chi connectivity index (χ3v) is 4.11. The molecular formula is C20H33N3O2. The molecule has 1 rings (SSSR count). The summed E-state index contributed by atoms with van der Waals surface area (Å²) in [5.41, 5.74) is 2.58. The van der Waals surface area contributed by atoms with Crippen LogP contribution in [-0.4, -0.2) is 31.4 Å². The second-order valence-corrected chi connectivity index (χ2v) is 7.70. The third-order valence-electron chi connectivity index (χ3n) is 4.11. The van der Waals surface area contributed by atoms with Gasteiger partial charge in [0.25, 0.3) is 0 Å². The van der Waals surface area contributed by atoms with E-state index in [2.05, 4.69) is 74.8 Å². The number of carbonyl (C=O) groups excluding carboxylic acids is 2. The molecule has 0 radical (unpaired) electrons. The summed E-state index contributed by atoms with van der Waals surface area (Å²) < 4.78 is 0. The van der Waals surface area contributed by atoms with Crippen LogP contribution in [0.5, 0.6) is 0 Å². The standard InChI is InChI=1S/C20H33N3O2/c1-7-21-17(24)12-22-18(25)13-23-19(14(2)3)15-8-10-16(11-9-15)20(4,5)6/h8-11,14,19,23H,7,12-13H2,1-6H3,(H,21,24)(H,22,25)/t19-/m0/s1. The minimum atomic E-state index is -0.178. The highest BCUT2D eigenvalue weighted by molar-refractivity contribution is 5.85. The van der Waals surface area contributed by atoms with E-state index in [-0.39, 0.29) is 36.4 Å². The van der Waals surface area contributed by atoms with Gasteiger partial charge < -0.3 is 16.0 Å². The molecule has 0 unspecified atom stereocenters. The summed E-state index contributed by atoms with van der Waals surface area (Å²) in [7, 11) is 0. The SMILES string of the molecule is CCNC(=O)CNC(=O)CN[C@H](c1ccc(C(C)(C)C)cc1)C(C)C. The van der Waals surface area contributed by atoms with E-state index >= 15 is 0 Å². The Bertz CT molecular complexity index is 559. The fourth-order valence-corrected chi connectivity index (χ4v) is 2.63. The lowest BCUT2D eigenvalue weighted by molar-refractivity contribution is -0.125. The predicted octanol–water partition coefficient (Wildman–Crippen LogP) is 2.52. The molecule has 0 saturated carbocycles. The Kier molecular flexibility index (Phi) is 8.10. The molecule has 1 atom stereocenters. The molecule has 25 heavy (non-hydrogen) atoms. The van der Waals surface area contributed by atoms with Crippen molar-refractivity contribution in [2.24, 2.45) is 5.92 Å². The van der Waals surface area contributed by atoms with Crippen LogP contribution in [0, 0.1) is 5.92 Å². The zero-order chi connectivity index (χ0) is 19.0. The van der Waals surface area contributed by atoms with Crippen molar-refractivity contribution in [3.05, 3.63) is 35.4 Å². The summed E-state index contributed by atoms with van der Waals surface area (Å²) in [4.78, 5) is 23.3. The number of amides is 2. The summed E-state index contributed by atoms with van der Waals surface area (Å²) in [5.74, 6) is -0.00563. The number of hydrogen-bond acceptors (Lipinski definition) is 3. The third kappa shape index (κ3) is 7.26. The molecule has 5 nitrogen and oxygen atoms in total. The first-order valence-electron chi connectivity index (χ1n) is 9.02. The minimum absolute atomic E-state index is 0.0149. The Morgan fingerprint density at radius 2 is 1.52 bits per heavy atom. The van der Waals surface area contributed by atoms with Gasteiger partial charge in [-0.2, -0.15) is 0 Å². The van der Waals surface area contributed by atoms with Crippen LogP contribution in [0.25, 0.3) is 0 Å². The van der Waals surface area contributed by atoms with Gasteiger partial charge in [-0.15, -0.1) is 0 Å². The van der Waals surface area contributed by atoms with Crippen LogP contribution in [-0.2, 0) is 15.0 Å². The highest BCUT2D eigenvalue weighted by atomic mass is 16.2. The molecule has 0 heterocycles. The van der Waals surface area contributed by atoms with Gasteiger partial charge in [0.15, 0.2) is 0 Å². The molecule has 140 valence electrons. The first-order valence-corrected chi connectivity index (χ1v) is 9.02. The normalized spacial score (nSPS) is 12.8. The van der Waals surface area contributed by atoms with Crippen molar-refractivity contribution in [1.82, 2.24) is 16.0 Å². The van der Waals surface area contributed by atoms with Crippen molar-refractivity contribution in [2.45, 2.75) is 53.0 Å². The summed E-state index contributed by atoms with van der Waals surface area (Å²) >= 11 is 0. The number of carbonyl (C=O) groups is 2. The van der Waals surface area contributed by atoms with Crippen LogP contribution in [0.1, 0.15) is 58.7 Å². The van der Waals surface area contributed by atoms with Crippen LogP contribution in [0.15, 0.2) is 24.3 Å². The number of rotatable bonds is 8. The van der Waals surface area contributed by atoms with Gasteiger partial charge in [-0.05, 0) is 29.4 Å². The Labute approximate surface area is 152 Å². The Hall–Kier alpha value is -1.88. The first kappa shape index (κ1) is 21.2. The molecule has 0 spiro atoms. The van der Waals surface area contributed by atoms with Crippen molar-refractivity contribution in [3.63, 3.8) is 0 Å². The Morgan fingerprint density at radius 1 is 0.960 bits per heavy atom. The van der Waals surface area contributed by atoms with Gasteiger partial charge in [0.2, 0.25) is 11.8 Å². The zero-order valence-corrected chi connectivity index (χ0v) is 16.4. The summed E-state index contributed by atoms with van der Waals surface area (Å²) in [5, 5.41) is 8.59. The quantitative estimate of drug-likeness (QED) is 0.677. The van der Waals surface area contributed by atoms with Crippen LogP contribution in [0.2, 0.25) is 0 Å². The average molecular weight is 348 g/mol. The molecule has 0 aliphatic rings. The highest BCUT2D eigenvalue weighted by Gasteiger charge is 2.18. The fraction of sp³-hybridized carbons (Fsp3) is 0.600. The van der Waals surface area contributed by atoms with E-state index in [1.54, 1.807) is 0 Å². The van der Waals surface area contributed by atoms with E-state index in [1.807, 2.05) is 6.92 Å². The predicted molar refractivity (Wildman–Crippen MR) is 102 cm³/mol. The second kappa shape index (κ2) is 9.56. The molecular weight excluding hydrogens is 314 g/mol. The summed E-state index contributed by atoms with van der Waals surface area (Å²) in [6, 6.07) is 8.66. The summed E-state index contributed by atoms with van der Waals surface area (Å²) in [6.45, 7) is 13.4. The van der Waals surface area contributed by atoms with E-state index in [9.17, 15) is 9.59 Å². The lowest BCUT2D eigenvalue weighted by Gasteiger charge is -2.25. The van der Waals surface area contributed by atoms with Crippen molar-refractivity contribution in [1.29, 1.82) is 0 Å². The maximum Gasteiger partial charge on any atom is 0.239 e. The average Bonchev–Trinajstić information content (AvgIpc) is 2.52. The minimum Gasteiger partial charge on any atom is -0.355 e. The van der Waals surface area contributed by atoms with Gasteiger partial charge in [-0.3, -0.25) is 9.59 Å². The van der Waals surface area contributed by atoms with Crippen molar-refractivity contribution >= 4 is 11.8 Å². The molecule has 0 aliphatic carbocycles. The fourth-order valence-electron chi connectivity index (χ4n) is 2.63. The maximum atomic E-state index is 11.9. The topological polar surface area (TPSA) is 70.2 Å². The lowest BCUT2D eigenvalue weighted by atomic mass is 9.85. The molecule has 0 saturated heterocycles. The molecule has 1 aromatic carbocycles. The number of nitrogens with one attached hydrogen (secondary N) is 3. The van der Waals surface area contributed by atoms with Gasteiger partial charge in [-0.1, -0.05) is 58.9 Å². The van der Waals surface area contributed by atoms with E-state index in [0.717, 1.165) is 0 Å². The lowest BCUT2D eigenvalue weighted by Crippen LogP contribution is -2.42. The zero-order valence-electron chi connectivity index (χ0n) is 16.4. The van der Waals surface area contributed by atoms with Gasteiger partial charge in [-0.25, -0.2) is 0 Å². The Morgan fingerprint density at radius 3 is 2.00 bits per heavy atom.